The van der Waals surface area contributed by atoms with Crippen molar-refractivity contribution in [3.05, 3.63) is 77.7 Å². The van der Waals surface area contributed by atoms with Gasteiger partial charge in [-0.1, -0.05) is 35.1 Å². The van der Waals surface area contributed by atoms with Crippen LogP contribution in [0.4, 0.5) is 5.13 Å². The summed E-state index contributed by atoms with van der Waals surface area (Å²) in [5, 5.41) is 0.715. The number of thiazole rings is 1. The topological polar surface area (TPSA) is 46.3 Å². The third-order valence-electron chi connectivity index (χ3n) is 4.56. The highest BCUT2D eigenvalue weighted by molar-refractivity contribution is 7.99. The monoisotopic (exact) mass is 422 g/mol. The largest absolute Gasteiger partial charge is 0.467 e. The van der Waals surface area contributed by atoms with Crippen molar-refractivity contribution < 1.29 is 9.21 Å². The molecular formula is C23H22N2O2S2. The van der Waals surface area contributed by atoms with Crippen molar-refractivity contribution in [1.29, 1.82) is 0 Å². The van der Waals surface area contributed by atoms with Crippen LogP contribution in [0.25, 0.3) is 10.2 Å². The summed E-state index contributed by atoms with van der Waals surface area (Å²) >= 11 is 3.24. The van der Waals surface area contributed by atoms with Crippen LogP contribution in [0.15, 0.2) is 70.2 Å². The number of hydrogen-bond acceptors (Lipinski definition) is 5. The number of thioether (sulfide) groups is 1. The predicted molar refractivity (Wildman–Crippen MR) is 121 cm³/mol. The lowest BCUT2D eigenvalue weighted by Crippen LogP contribution is -2.30. The van der Waals surface area contributed by atoms with E-state index in [2.05, 4.69) is 44.2 Å². The number of furan rings is 1. The third kappa shape index (κ3) is 4.89. The van der Waals surface area contributed by atoms with Crippen LogP contribution < -0.4 is 4.90 Å². The van der Waals surface area contributed by atoms with Crippen LogP contribution >= 0.6 is 23.1 Å². The molecule has 0 radical (unpaired) electrons. The minimum Gasteiger partial charge on any atom is -0.467 e. The maximum atomic E-state index is 13.1. The highest BCUT2D eigenvalue weighted by Gasteiger charge is 2.21. The average molecular weight is 423 g/mol. The number of carbonyl (C=O) groups excluding carboxylic acids is 1. The molecule has 0 aliphatic carbocycles. The number of aromatic nitrogens is 1. The zero-order chi connectivity index (χ0) is 20.2. The summed E-state index contributed by atoms with van der Waals surface area (Å²) < 4.78 is 6.58. The summed E-state index contributed by atoms with van der Waals surface area (Å²) in [5.41, 5.74) is 3.34. The molecule has 2 heterocycles. The highest BCUT2D eigenvalue weighted by Crippen LogP contribution is 2.31. The number of carbonyl (C=O) groups is 1. The summed E-state index contributed by atoms with van der Waals surface area (Å²) in [7, 11) is 0. The van der Waals surface area contributed by atoms with Crippen molar-refractivity contribution in [3.63, 3.8) is 0 Å². The molecule has 4 rings (SSSR count). The average Bonchev–Trinajstić information content (AvgIpc) is 3.36. The van der Waals surface area contributed by atoms with Crippen LogP contribution in [-0.4, -0.2) is 16.6 Å². The number of fused-ring (bicyclic) bond motifs is 1. The van der Waals surface area contributed by atoms with E-state index in [1.807, 2.05) is 24.3 Å². The molecule has 4 nitrogen and oxygen atoms in total. The van der Waals surface area contributed by atoms with Crippen LogP contribution in [0.5, 0.6) is 0 Å². The zero-order valence-corrected chi connectivity index (χ0v) is 18.1. The maximum Gasteiger partial charge on any atom is 0.230 e. The van der Waals surface area contributed by atoms with E-state index in [4.69, 9.17) is 9.40 Å². The van der Waals surface area contributed by atoms with Crippen LogP contribution in [0.2, 0.25) is 0 Å². The van der Waals surface area contributed by atoms with E-state index in [1.165, 1.54) is 16.0 Å². The first kappa shape index (κ1) is 19.7. The summed E-state index contributed by atoms with van der Waals surface area (Å²) in [6.45, 7) is 4.52. The Hall–Kier alpha value is -2.57. The Bertz CT molecular complexity index is 1100. The number of hydrogen-bond donors (Lipinski definition) is 0. The van der Waals surface area contributed by atoms with Gasteiger partial charge < -0.3 is 4.42 Å². The van der Waals surface area contributed by atoms with Gasteiger partial charge in [0.2, 0.25) is 5.91 Å². The third-order valence-corrected chi connectivity index (χ3v) is 6.62. The molecule has 0 saturated heterocycles. The van der Waals surface area contributed by atoms with E-state index < -0.39 is 0 Å². The van der Waals surface area contributed by atoms with E-state index in [0.29, 0.717) is 18.1 Å². The number of rotatable bonds is 7. The van der Waals surface area contributed by atoms with Gasteiger partial charge in [-0.3, -0.25) is 9.69 Å². The molecule has 6 heteroatoms. The molecule has 29 heavy (non-hydrogen) atoms. The molecule has 2 aromatic heterocycles. The van der Waals surface area contributed by atoms with Gasteiger partial charge in [-0.05, 0) is 55.8 Å². The fourth-order valence-corrected chi connectivity index (χ4v) is 4.90. The second-order valence-electron chi connectivity index (χ2n) is 6.94. The van der Waals surface area contributed by atoms with Crippen molar-refractivity contribution in [2.45, 2.75) is 31.7 Å². The number of benzene rings is 2. The van der Waals surface area contributed by atoms with Crippen molar-refractivity contribution >= 4 is 44.4 Å². The fraction of sp³-hybridized carbons (Fsp3) is 0.217. The van der Waals surface area contributed by atoms with Crippen molar-refractivity contribution in [2.75, 3.05) is 10.7 Å². The first-order valence-corrected chi connectivity index (χ1v) is 11.3. The van der Waals surface area contributed by atoms with Crippen LogP contribution in [0, 0.1) is 13.8 Å². The van der Waals surface area contributed by atoms with Crippen LogP contribution in [-0.2, 0) is 11.3 Å². The molecule has 0 unspecified atom stereocenters. The van der Waals surface area contributed by atoms with Crippen LogP contribution in [0.1, 0.15) is 23.3 Å². The fourth-order valence-electron chi connectivity index (χ4n) is 2.98. The molecule has 2 aromatic carbocycles. The Balaban J connectivity index is 1.51. The lowest BCUT2D eigenvalue weighted by molar-refractivity contribution is -0.118. The molecule has 0 aliphatic heterocycles. The van der Waals surface area contributed by atoms with E-state index in [0.717, 1.165) is 21.7 Å². The van der Waals surface area contributed by atoms with Gasteiger partial charge in [0.05, 0.1) is 23.0 Å². The molecule has 0 atom stereocenters. The Kier molecular flexibility index (Phi) is 6.02. The van der Waals surface area contributed by atoms with E-state index in [-0.39, 0.29) is 5.91 Å². The SMILES string of the molecule is Cc1ccc(SCCC(=O)N(Cc2ccco2)c2nc3ccc(C)cc3s2)cc1. The minimum absolute atomic E-state index is 0.0526. The van der Waals surface area contributed by atoms with Crippen molar-refractivity contribution in [3.8, 4) is 0 Å². The second kappa shape index (κ2) is 8.84. The Morgan fingerprint density at radius 3 is 2.66 bits per heavy atom. The number of amides is 1. The van der Waals surface area contributed by atoms with Crippen molar-refractivity contribution in [1.82, 2.24) is 4.98 Å². The van der Waals surface area contributed by atoms with Crippen LogP contribution in [0.3, 0.4) is 0 Å². The molecular weight excluding hydrogens is 400 g/mol. The molecule has 0 N–H and O–H groups in total. The number of aryl methyl sites for hydroxylation is 2. The van der Waals surface area contributed by atoms with Gasteiger partial charge in [0, 0.05) is 17.1 Å². The first-order valence-electron chi connectivity index (χ1n) is 9.48. The van der Waals surface area contributed by atoms with Gasteiger partial charge in [0.25, 0.3) is 0 Å². The Labute approximate surface area is 178 Å². The number of anilines is 1. The van der Waals surface area contributed by atoms with Gasteiger partial charge in [-0.2, -0.15) is 0 Å². The van der Waals surface area contributed by atoms with Gasteiger partial charge >= 0.3 is 0 Å². The van der Waals surface area contributed by atoms with E-state index >= 15 is 0 Å². The van der Waals surface area contributed by atoms with Gasteiger partial charge in [-0.25, -0.2) is 4.98 Å². The smallest absolute Gasteiger partial charge is 0.230 e. The van der Waals surface area contributed by atoms with Crippen molar-refractivity contribution in [2.24, 2.45) is 0 Å². The molecule has 4 aromatic rings. The van der Waals surface area contributed by atoms with Gasteiger partial charge in [0.1, 0.15) is 5.76 Å². The normalized spacial score (nSPS) is 11.1. The predicted octanol–water partition coefficient (Wildman–Crippen LogP) is 6.22. The maximum absolute atomic E-state index is 13.1. The van der Waals surface area contributed by atoms with E-state index in [1.54, 1.807) is 34.3 Å². The summed E-state index contributed by atoms with van der Waals surface area (Å²) in [5.74, 6) is 1.53. The summed E-state index contributed by atoms with van der Waals surface area (Å²) in [6, 6.07) is 18.3. The Morgan fingerprint density at radius 2 is 1.90 bits per heavy atom. The zero-order valence-electron chi connectivity index (χ0n) is 16.4. The van der Waals surface area contributed by atoms with E-state index in [9.17, 15) is 4.79 Å². The lowest BCUT2D eigenvalue weighted by atomic mass is 10.2. The molecule has 0 bridgehead atoms. The highest BCUT2D eigenvalue weighted by atomic mass is 32.2. The summed E-state index contributed by atoms with van der Waals surface area (Å²) in [4.78, 5) is 20.7. The summed E-state index contributed by atoms with van der Waals surface area (Å²) in [6.07, 6.45) is 2.07. The molecule has 148 valence electrons. The molecule has 0 fully saturated rings. The molecule has 0 aliphatic rings. The number of nitrogens with zero attached hydrogens (tertiary/aromatic N) is 2. The Morgan fingerprint density at radius 1 is 1.10 bits per heavy atom. The first-order chi connectivity index (χ1) is 14.1. The minimum atomic E-state index is 0.0526. The van der Waals surface area contributed by atoms with Gasteiger partial charge in [-0.15, -0.1) is 11.8 Å². The molecule has 0 saturated carbocycles. The van der Waals surface area contributed by atoms with Gasteiger partial charge in [0.15, 0.2) is 5.13 Å². The second-order valence-corrected chi connectivity index (χ2v) is 9.12. The molecule has 0 spiro atoms. The lowest BCUT2D eigenvalue weighted by Gasteiger charge is -2.18. The standard InChI is InChI=1S/C23H22N2O2S2/c1-16-5-8-19(9-6-16)28-13-11-22(26)25(15-18-4-3-12-27-18)23-24-20-10-7-17(2)14-21(20)29-23/h3-10,12,14H,11,13,15H2,1-2H3. The quantitative estimate of drug-likeness (QED) is 0.332. The molecule has 1 amide bonds.